The fourth-order valence-electron chi connectivity index (χ4n) is 1.52. The number of ether oxygens (including phenoxy) is 2. The lowest BCUT2D eigenvalue weighted by atomic mass is 10.1. The minimum absolute atomic E-state index is 0.198. The first-order valence-corrected chi connectivity index (χ1v) is 5.81. The van der Waals surface area contributed by atoms with Crippen molar-refractivity contribution < 1.29 is 13.9 Å². The molecule has 1 rings (SSSR count). The summed E-state index contributed by atoms with van der Waals surface area (Å²) in [5.74, 6) is 5.24. The van der Waals surface area contributed by atoms with Gasteiger partial charge in [0.05, 0.1) is 25.4 Å². The van der Waals surface area contributed by atoms with E-state index in [4.69, 9.17) is 15.3 Å². The number of methoxy groups -OCH3 is 1. The Labute approximate surface area is 107 Å². The highest BCUT2D eigenvalue weighted by molar-refractivity contribution is 5.33. The second-order valence-corrected chi connectivity index (χ2v) is 5.01. The normalized spacial score (nSPS) is 13.4. The molecule has 0 fully saturated rings. The summed E-state index contributed by atoms with van der Waals surface area (Å²) in [4.78, 5) is 0. The summed E-state index contributed by atoms with van der Waals surface area (Å²) in [6.07, 6.45) is 0. The van der Waals surface area contributed by atoms with Gasteiger partial charge in [-0.05, 0) is 26.8 Å². The molecule has 0 saturated carbocycles. The average molecular weight is 256 g/mol. The molecule has 1 aromatic rings. The van der Waals surface area contributed by atoms with Crippen LogP contribution in [0, 0.1) is 5.82 Å². The minimum Gasteiger partial charge on any atom is -0.494 e. The number of halogens is 1. The Kier molecular flexibility index (Phi) is 5.07. The number of rotatable bonds is 5. The summed E-state index contributed by atoms with van der Waals surface area (Å²) < 4.78 is 24.6. The predicted octanol–water partition coefficient (Wildman–Crippen LogP) is 2.15. The number of nitrogens with two attached hydrogens (primary N) is 1. The standard InChI is InChI=1S/C13H21FN2O2/c1-13(2,3)18-8-10(16-15)9-6-5-7-11(17-4)12(9)14/h5-7,10,16H,8,15H2,1-4H3. The molecule has 0 saturated heterocycles. The summed E-state index contributed by atoms with van der Waals surface area (Å²) in [7, 11) is 1.43. The molecule has 0 amide bonds. The summed E-state index contributed by atoms with van der Waals surface area (Å²) in [5.41, 5.74) is 2.69. The maximum absolute atomic E-state index is 14.1. The van der Waals surface area contributed by atoms with Gasteiger partial charge in [-0.3, -0.25) is 11.3 Å². The summed E-state index contributed by atoms with van der Waals surface area (Å²) in [5, 5.41) is 0. The van der Waals surface area contributed by atoms with E-state index in [0.29, 0.717) is 5.56 Å². The number of benzene rings is 1. The van der Waals surface area contributed by atoms with Crippen molar-refractivity contribution >= 4 is 0 Å². The molecule has 0 aliphatic rings. The van der Waals surface area contributed by atoms with Crippen LogP contribution in [0.25, 0.3) is 0 Å². The SMILES string of the molecule is COc1cccc(C(COC(C)(C)C)NN)c1F. The van der Waals surface area contributed by atoms with Gasteiger partial charge in [-0.2, -0.15) is 0 Å². The van der Waals surface area contributed by atoms with E-state index in [1.807, 2.05) is 20.8 Å². The Morgan fingerprint density at radius 2 is 2.06 bits per heavy atom. The van der Waals surface area contributed by atoms with Gasteiger partial charge in [-0.25, -0.2) is 4.39 Å². The van der Waals surface area contributed by atoms with Gasteiger partial charge in [0, 0.05) is 5.56 Å². The molecular formula is C13H21FN2O2. The largest absolute Gasteiger partial charge is 0.494 e. The van der Waals surface area contributed by atoms with E-state index < -0.39 is 11.9 Å². The minimum atomic E-state index is -0.417. The molecule has 5 heteroatoms. The third-order valence-electron chi connectivity index (χ3n) is 2.47. The van der Waals surface area contributed by atoms with E-state index >= 15 is 0 Å². The third-order valence-corrected chi connectivity index (χ3v) is 2.47. The number of hydrazine groups is 1. The van der Waals surface area contributed by atoms with Crippen molar-refractivity contribution in [2.24, 2.45) is 5.84 Å². The Bertz CT molecular complexity index is 391. The summed E-state index contributed by atoms with van der Waals surface area (Å²) in [6.45, 7) is 6.08. The van der Waals surface area contributed by atoms with Crippen LogP contribution in [0.5, 0.6) is 5.75 Å². The Balaban J connectivity index is 2.88. The maximum Gasteiger partial charge on any atom is 0.169 e. The zero-order chi connectivity index (χ0) is 13.8. The fraction of sp³-hybridized carbons (Fsp3) is 0.538. The lowest BCUT2D eigenvalue weighted by Crippen LogP contribution is -2.34. The van der Waals surface area contributed by atoms with Crippen LogP contribution >= 0.6 is 0 Å². The first-order valence-electron chi connectivity index (χ1n) is 5.81. The Hall–Kier alpha value is -1.17. The van der Waals surface area contributed by atoms with Crippen LogP contribution in [-0.2, 0) is 4.74 Å². The van der Waals surface area contributed by atoms with Crippen molar-refractivity contribution in [3.8, 4) is 5.75 Å². The quantitative estimate of drug-likeness (QED) is 0.626. The Morgan fingerprint density at radius 3 is 2.56 bits per heavy atom. The highest BCUT2D eigenvalue weighted by atomic mass is 19.1. The van der Waals surface area contributed by atoms with Crippen LogP contribution in [0.4, 0.5) is 4.39 Å². The molecule has 0 radical (unpaired) electrons. The third kappa shape index (κ3) is 3.94. The zero-order valence-electron chi connectivity index (χ0n) is 11.3. The van der Waals surface area contributed by atoms with Gasteiger partial charge in [-0.1, -0.05) is 12.1 Å². The van der Waals surface area contributed by atoms with Gasteiger partial charge < -0.3 is 9.47 Å². The van der Waals surface area contributed by atoms with Crippen LogP contribution in [0.1, 0.15) is 32.4 Å². The predicted molar refractivity (Wildman–Crippen MR) is 68.7 cm³/mol. The van der Waals surface area contributed by atoms with Gasteiger partial charge in [0.25, 0.3) is 0 Å². The lowest BCUT2D eigenvalue weighted by Gasteiger charge is -2.24. The van der Waals surface area contributed by atoms with Crippen molar-refractivity contribution in [2.75, 3.05) is 13.7 Å². The molecule has 1 unspecified atom stereocenters. The van der Waals surface area contributed by atoms with Crippen molar-refractivity contribution in [1.29, 1.82) is 0 Å². The second kappa shape index (κ2) is 6.13. The molecule has 102 valence electrons. The molecule has 0 spiro atoms. The van der Waals surface area contributed by atoms with Crippen molar-refractivity contribution in [1.82, 2.24) is 5.43 Å². The summed E-state index contributed by atoms with van der Waals surface area (Å²) >= 11 is 0. The van der Waals surface area contributed by atoms with E-state index in [2.05, 4.69) is 5.43 Å². The molecule has 18 heavy (non-hydrogen) atoms. The Morgan fingerprint density at radius 1 is 1.39 bits per heavy atom. The van der Waals surface area contributed by atoms with Crippen LogP contribution in [-0.4, -0.2) is 19.3 Å². The van der Waals surface area contributed by atoms with E-state index in [1.54, 1.807) is 18.2 Å². The van der Waals surface area contributed by atoms with Crippen LogP contribution < -0.4 is 16.0 Å². The first kappa shape index (κ1) is 14.9. The second-order valence-electron chi connectivity index (χ2n) is 5.01. The molecule has 3 N–H and O–H groups in total. The molecule has 0 aliphatic carbocycles. The van der Waals surface area contributed by atoms with E-state index in [1.165, 1.54) is 7.11 Å². The molecular weight excluding hydrogens is 235 g/mol. The van der Waals surface area contributed by atoms with Gasteiger partial charge in [-0.15, -0.1) is 0 Å². The van der Waals surface area contributed by atoms with Gasteiger partial charge in [0.2, 0.25) is 0 Å². The van der Waals surface area contributed by atoms with Gasteiger partial charge in [0.1, 0.15) is 0 Å². The van der Waals surface area contributed by atoms with Crippen LogP contribution in [0.15, 0.2) is 18.2 Å². The highest BCUT2D eigenvalue weighted by Crippen LogP contribution is 2.25. The monoisotopic (exact) mass is 256 g/mol. The van der Waals surface area contributed by atoms with E-state index in [0.717, 1.165) is 0 Å². The molecule has 4 nitrogen and oxygen atoms in total. The number of hydrogen-bond donors (Lipinski definition) is 2. The smallest absolute Gasteiger partial charge is 0.169 e. The van der Waals surface area contributed by atoms with E-state index in [9.17, 15) is 4.39 Å². The molecule has 1 atom stereocenters. The van der Waals surface area contributed by atoms with Crippen molar-refractivity contribution in [2.45, 2.75) is 32.4 Å². The molecule has 0 bridgehead atoms. The van der Waals surface area contributed by atoms with Gasteiger partial charge in [0.15, 0.2) is 11.6 Å². The van der Waals surface area contributed by atoms with E-state index in [-0.39, 0.29) is 18.0 Å². The molecule has 1 aromatic carbocycles. The molecule has 0 heterocycles. The van der Waals surface area contributed by atoms with Crippen molar-refractivity contribution in [3.63, 3.8) is 0 Å². The average Bonchev–Trinajstić information content (AvgIpc) is 2.30. The van der Waals surface area contributed by atoms with Crippen LogP contribution in [0.3, 0.4) is 0 Å². The van der Waals surface area contributed by atoms with Crippen molar-refractivity contribution in [3.05, 3.63) is 29.6 Å². The zero-order valence-corrected chi connectivity index (χ0v) is 11.3. The highest BCUT2D eigenvalue weighted by Gasteiger charge is 2.20. The molecule has 0 aromatic heterocycles. The van der Waals surface area contributed by atoms with Gasteiger partial charge >= 0.3 is 0 Å². The lowest BCUT2D eigenvalue weighted by molar-refractivity contribution is -0.0152. The van der Waals surface area contributed by atoms with Crippen LogP contribution in [0.2, 0.25) is 0 Å². The number of nitrogens with one attached hydrogen (secondary N) is 1. The summed E-state index contributed by atoms with van der Waals surface area (Å²) in [6, 6.07) is 4.53. The number of hydrogen-bond acceptors (Lipinski definition) is 4. The topological polar surface area (TPSA) is 56.5 Å². The maximum atomic E-state index is 14.1. The fourth-order valence-corrected chi connectivity index (χ4v) is 1.52. The first-order chi connectivity index (χ1) is 8.39. The molecule has 0 aliphatic heterocycles.